The molecule has 0 atom stereocenters. The average molecular weight is 285 g/mol. The molecule has 110 valence electrons. The van der Waals surface area contributed by atoms with Gasteiger partial charge in [0.2, 0.25) is 0 Å². The maximum Gasteiger partial charge on any atom is 0.271 e. The van der Waals surface area contributed by atoms with Gasteiger partial charge in [-0.05, 0) is 17.7 Å². The zero-order valence-electron chi connectivity index (χ0n) is 12.0. The zero-order chi connectivity index (χ0) is 15.1. The lowest BCUT2D eigenvalue weighted by molar-refractivity contribution is 0.0957. The number of nitrogens with one attached hydrogen (secondary N) is 1. The van der Waals surface area contributed by atoms with Crippen LogP contribution in [0, 0.1) is 0 Å². The Kier molecular flexibility index (Phi) is 5.22. The molecule has 0 aliphatic carbocycles. The Bertz CT molecular complexity index is 570. The molecule has 2 aromatic rings. The summed E-state index contributed by atoms with van der Waals surface area (Å²) in [6, 6.07) is 13.5. The summed E-state index contributed by atoms with van der Waals surface area (Å²) in [5.41, 5.74) is 7.14. The van der Waals surface area contributed by atoms with Gasteiger partial charge in [-0.25, -0.2) is 0 Å². The molecule has 0 aliphatic rings. The van der Waals surface area contributed by atoms with E-state index in [4.69, 9.17) is 5.73 Å². The molecule has 1 aromatic carbocycles. The van der Waals surface area contributed by atoms with Gasteiger partial charge in [0.05, 0.1) is 0 Å². The van der Waals surface area contributed by atoms with Gasteiger partial charge in [-0.3, -0.25) is 4.79 Å². The van der Waals surface area contributed by atoms with Crippen LogP contribution in [0.15, 0.2) is 42.5 Å². The number of carbonyl (C=O) groups excluding carboxylic acids is 1. The van der Waals surface area contributed by atoms with Gasteiger partial charge in [-0.1, -0.05) is 30.3 Å². The van der Waals surface area contributed by atoms with E-state index in [1.165, 1.54) is 5.56 Å². The van der Waals surface area contributed by atoms with E-state index in [-0.39, 0.29) is 5.91 Å². The van der Waals surface area contributed by atoms with Crippen molar-refractivity contribution in [1.82, 2.24) is 15.5 Å². The van der Waals surface area contributed by atoms with Gasteiger partial charge in [-0.2, -0.15) is 0 Å². The summed E-state index contributed by atoms with van der Waals surface area (Å²) in [6.45, 7) is 1.89. The van der Waals surface area contributed by atoms with E-state index in [9.17, 15) is 4.79 Å². The monoisotopic (exact) mass is 285 g/mol. The highest BCUT2D eigenvalue weighted by molar-refractivity contribution is 5.91. The van der Waals surface area contributed by atoms with E-state index >= 15 is 0 Å². The minimum absolute atomic E-state index is 0.248. The molecule has 2 rings (SSSR count). The second kappa shape index (κ2) is 7.35. The molecule has 0 fully saturated rings. The maximum atomic E-state index is 11.5. The molecule has 0 radical (unpaired) electrons. The Balaban J connectivity index is 2.16. The Morgan fingerprint density at radius 2 is 1.95 bits per heavy atom. The van der Waals surface area contributed by atoms with E-state index in [0.29, 0.717) is 31.1 Å². The topological polar surface area (TPSA) is 84.1 Å². The van der Waals surface area contributed by atoms with Gasteiger partial charge < -0.3 is 16.0 Å². The van der Waals surface area contributed by atoms with Crippen LogP contribution in [-0.2, 0) is 6.54 Å². The molecule has 1 aromatic heterocycles. The number of rotatable bonds is 6. The summed E-state index contributed by atoms with van der Waals surface area (Å²) < 4.78 is 0. The first kappa shape index (κ1) is 14.9. The van der Waals surface area contributed by atoms with Crippen molar-refractivity contribution in [1.29, 1.82) is 0 Å². The maximum absolute atomic E-state index is 11.5. The number of hydrogen-bond donors (Lipinski definition) is 2. The lowest BCUT2D eigenvalue weighted by Gasteiger charge is -2.22. The standard InChI is InChI=1S/C15H19N5O/c1-17-15(21)13-7-8-14(19-18-13)20(10-9-16)11-12-5-3-2-4-6-12/h2-8H,9-11,16H2,1H3,(H,17,21). The summed E-state index contributed by atoms with van der Waals surface area (Å²) in [7, 11) is 1.56. The molecule has 0 unspecified atom stereocenters. The number of nitrogens with zero attached hydrogens (tertiary/aromatic N) is 3. The molecule has 6 nitrogen and oxygen atoms in total. The third kappa shape index (κ3) is 4.00. The number of amides is 1. The highest BCUT2D eigenvalue weighted by Crippen LogP contribution is 2.13. The van der Waals surface area contributed by atoms with Crippen LogP contribution < -0.4 is 16.0 Å². The van der Waals surface area contributed by atoms with Gasteiger partial charge in [0.25, 0.3) is 5.91 Å². The van der Waals surface area contributed by atoms with E-state index in [1.807, 2.05) is 23.1 Å². The average Bonchev–Trinajstić information content (AvgIpc) is 2.55. The van der Waals surface area contributed by atoms with Gasteiger partial charge in [0.1, 0.15) is 0 Å². The highest BCUT2D eigenvalue weighted by Gasteiger charge is 2.11. The highest BCUT2D eigenvalue weighted by atomic mass is 16.1. The second-order valence-corrected chi connectivity index (χ2v) is 4.55. The predicted molar refractivity (Wildman–Crippen MR) is 82.0 cm³/mol. The van der Waals surface area contributed by atoms with Crippen molar-refractivity contribution in [3.8, 4) is 0 Å². The third-order valence-corrected chi connectivity index (χ3v) is 3.05. The number of carbonyl (C=O) groups is 1. The fourth-order valence-corrected chi connectivity index (χ4v) is 1.98. The number of nitrogens with two attached hydrogens (primary N) is 1. The van der Waals surface area contributed by atoms with Gasteiger partial charge >= 0.3 is 0 Å². The minimum atomic E-state index is -0.248. The van der Waals surface area contributed by atoms with E-state index < -0.39 is 0 Å². The number of benzene rings is 1. The number of aromatic nitrogens is 2. The van der Waals surface area contributed by atoms with Crippen molar-refractivity contribution >= 4 is 11.7 Å². The Hall–Kier alpha value is -2.47. The summed E-state index contributed by atoms with van der Waals surface area (Å²) >= 11 is 0. The Morgan fingerprint density at radius 1 is 1.19 bits per heavy atom. The smallest absolute Gasteiger partial charge is 0.271 e. The van der Waals surface area contributed by atoms with Crippen molar-refractivity contribution in [2.45, 2.75) is 6.54 Å². The molecule has 1 amide bonds. The predicted octanol–water partition coefficient (Wildman–Crippen LogP) is 0.801. The molecule has 0 saturated carbocycles. The van der Waals surface area contributed by atoms with Crippen molar-refractivity contribution in [2.24, 2.45) is 5.73 Å². The first-order chi connectivity index (χ1) is 10.2. The lowest BCUT2D eigenvalue weighted by atomic mass is 10.2. The quantitative estimate of drug-likeness (QED) is 0.820. The van der Waals surface area contributed by atoms with E-state index in [1.54, 1.807) is 19.2 Å². The van der Waals surface area contributed by atoms with Crippen molar-refractivity contribution in [2.75, 3.05) is 25.0 Å². The van der Waals surface area contributed by atoms with Crippen molar-refractivity contribution in [3.05, 3.63) is 53.7 Å². The molecule has 0 spiro atoms. The fourth-order valence-electron chi connectivity index (χ4n) is 1.98. The van der Waals surface area contributed by atoms with Crippen molar-refractivity contribution < 1.29 is 4.79 Å². The van der Waals surface area contributed by atoms with E-state index in [2.05, 4.69) is 27.6 Å². The molecule has 6 heteroatoms. The van der Waals surface area contributed by atoms with Crippen LogP contribution in [0.4, 0.5) is 5.82 Å². The second-order valence-electron chi connectivity index (χ2n) is 4.55. The van der Waals surface area contributed by atoms with Crippen LogP contribution in [0.1, 0.15) is 16.1 Å². The molecular formula is C15H19N5O. The SMILES string of the molecule is CNC(=O)c1ccc(N(CCN)Cc2ccccc2)nn1. The minimum Gasteiger partial charge on any atom is -0.354 e. The molecule has 3 N–H and O–H groups in total. The van der Waals surface area contributed by atoms with Crippen LogP contribution in [0.2, 0.25) is 0 Å². The largest absolute Gasteiger partial charge is 0.354 e. The summed E-state index contributed by atoms with van der Waals surface area (Å²) in [5, 5.41) is 10.6. The van der Waals surface area contributed by atoms with Crippen molar-refractivity contribution in [3.63, 3.8) is 0 Å². The third-order valence-electron chi connectivity index (χ3n) is 3.05. The molecule has 0 aliphatic heterocycles. The first-order valence-electron chi connectivity index (χ1n) is 6.79. The fraction of sp³-hybridized carbons (Fsp3) is 0.267. The first-order valence-corrected chi connectivity index (χ1v) is 6.79. The number of anilines is 1. The normalized spacial score (nSPS) is 10.2. The summed E-state index contributed by atoms with van der Waals surface area (Å²) in [4.78, 5) is 13.5. The van der Waals surface area contributed by atoms with Gasteiger partial charge in [0, 0.05) is 26.7 Å². The molecule has 21 heavy (non-hydrogen) atoms. The molecular weight excluding hydrogens is 266 g/mol. The van der Waals surface area contributed by atoms with Crippen LogP contribution >= 0.6 is 0 Å². The molecule has 0 saturated heterocycles. The van der Waals surface area contributed by atoms with E-state index in [0.717, 1.165) is 0 Å². The van der Waals surface area contributed by atoms with Crippen LogP contribution in [0.25, 0.3) is 0 Å². The van der Waals surface area contributed by atoms with Crippen LogP contribution in [-0.4, -0.2) is 36.2 Å². The summed E-state index contributed by atoms with van der Waals surface area (Å²) in [6.07, 6.45) is 0. The lowest BCUT2D eigenvalue weighted by Crippen LogP contribution is -2.30. The molecule has 0 bridgehead atoms. The zero-order valence-corrected chi connectivity index (χ0v) is 12.0. The number of hydrogen-bond acceptors (Lipinski definition) is 5. The Labute approximate surface area is 124 Å². The van der Waals surface area contributed by atoms with Crippen LogP contribution in [0.5, 0.6) is 0 Å². The van der Waals surface area contributed by atoms with Gasteiger partial charge in [-0.15, -0.1) is 10.2 Å². The van der Waals surface area contributed by atoms with Crippen LogP contribution in [0.3, 0.4) is 0 Å². The molecule has 1 heterocycles. The summed E-state index contributed by atoms with van der Waals surface area (Å²) in [5.74, 6) is 0.458. The Morgan fingerprint density at radius 3 is 2.52 bits per heavy atom. The van der Waals surface area contributed by atoms with Gasteiger partial charge in [0.15, 0.2) is 11.5 Å².